The van der Waals surface area contributed by atoms with Crippen molar-refractivity contribution in [1.29, 1.82) is 0 Å². The van der Waals surface area contributed by atoms with Crippen LogP contribution in [0.25, 0.3) is 0 Å². The molecule has 1 heteroatoms. The van der Waals surface area contributed by atoms with Crippen molar-refractivity contribution in [1.82, 2.24) is 0 Å². The second kappa shape index (κ2) is 5.18. The first kappa shape index (κ1) is 14.1. The Kier molecular flexibility index (Phi) is 3.66. The third-order valence-corrected chi connectivity index (χ3v) is 5.98. The summed E-state index contributed by atoms with van der Waals surface area (Å²) in [7, 11) is 0. The average molecular weight is 272 g/mol. The summed E-state index contributed by atoms with van der Waals surface area (Å²) in [4.78, 5) is 0. The molecule has 0 aliphatic heterocycles. The lowest BCUT2D eigenvalue weighted by Gasteiger charge is -2.48. The van der Waals surface area contributed by atoms with Crippen LogP contribution in [0.4, 0.5) is 0 Å². The van der Waals surface area contributed by atoms with Crippen molar-refractivity contribution in [3.05, 3.63) is 35.4 Å². The number of hydrogen-bond acceptors (Lipinski definition) is 1. The van der Waals surface area contributed by atoms with Crippen molar-refractivity contribution >= 4 is 0 Å². The van der Waals surface area contributed by atoms with Gasteiger partial charge < -0.3 is 5.11 Å². The highest BCUT2D eigenvalue weighted by Crippen LogP contribution is 2.50. The molecule has 2 aliphatic carbocycles. The van der Waals surface area contributed by atoms with Gasteiger partial charge in [-0.1, -0.05) is 51.0 Å². The second-order valence-electron chi connectivity index (χ2n) is 7.61. The molecule has 2 aliphatic rings. The lowest BCUT2D eigenvalue weighted by atomic mass is 9.61. The quantitative estimate of drug-likeness (QED) is 0.817. The standard InChI is InChI=1S/C19H28O/c1-18(2)12-5-6-13-19(18,20)14-16-10-7-9-15-8-3-4-11-17(15)16/h3-4,8,11,16,20H,5-7,9-10,12-14H2,1-2H3. The number of fused-ring (bicyclic) bond motifs is 1. The molecule has 1 saturated carbocycles. The summed E-state index contributed by atoms with van der Waals surface area (Å²) in [6.07, 6.45) is 9.31. The summed E-state index contributed by atoms with van der Waals surface area (Å²) < 4.78 is 0. The zero-order chi connectivity index (χ0) is 14.2. The van der Waals surface area contributed by atoms with Gasteiger partial charge in [-0.25, -0.2) is 0 Å². The molecule has 0 aromatic heterocycles. The number of benzene rings is 1. The van der Waals surface area contributed by atoms with Gasteiger partial charge in [0.2, 0.25) is 0 Å². The molecule has 0 amide bonds. The molecule has 20 heavy (non-hydrogen) atoms. The predicted octanol–water partition coefficient (Wildman–Crippen LogP) is 4.83. The Morgan fingerprint density at radius 1 is 1.10 bits per heavy atom. The van der Waals surface area contributed by atoms with Crippen LogP contribution in [0.5, 0.6) is 0 Å². The Hall–Kier alpha value is -0.820. The molecule has 0 bridgehead atoms. The van der Waals surface area contributed by atoms with Crippen LogP contribution in [0.2, 0.25) is 0 Å². The molecule has 110 valence electrons. The number of aryl methyl sites for hydroxylation is 1. The first-order valence-corrected chi connectivity index (χ1v) is 8.32. The second-order valence-corrected chi connectivity index (χ2v) is 7.61. The summed E-state index contributed by atoms with van der Waals surface area (Å²) >= 11 is 0. The van der Waals surface area contributed by atoms with Crippen molar-refractivity contribution in [2.24, 2.45) is 5.41 Å². The highest BCUT2D eigenvalue weighted by atomic mass is 16.3. The van der Waals surface area contributed by atoms with Gasteiger partial charge in [-0.3, -0.25) is 0 Å². The van der Waals surface area contributed by atoms with E-state index in [1.54, 1.807) is 0 Å². The maximum Gasteiger partial charge on any atom is 0.0704 e. The summed E-state index contributed by atoms with van der Waals surface area (Å²) in [6, 6.07) is 8.88. The lowest BCUT2D eigenvalue weighted by Crippen LogP contribution is -2.48. The maximum atomic E-state index is 11.3. The van der Waals surface area contributed by atoms with Crippen molar-refractivity contribution in [2.75, 3.05) is 0 Å². The SMILES string of the molecule is CC1(C)CCCCC1(O)CC1CCCc2ccccc21. The minimum absolute atomic E-state index is 0.0671. The first-order valence-electron chi connectivity index (χ1n) is 8.32. The lowest BCUT2D eigenvalue weighted by molar-refractivity contribution is -0.107. The van der Waals surface area contributed by atoms with Crippen molar-refractivity contribution in [3.63, 3.8) is 0 Å². The van der Waals surface area contributed by atoms with Gasteiger partial charge in [-0.2, -0.15) is 0 Å². The molecule has 2 atom stereocenters. The van der Waals surface area contributed by atoms with Gasteiger partial charge in [0.15, 0.2) is 0 Å². The van der Waals surface area contributed by atoms with Crippen LogP contribution in [-0.2, 0) is 6.42 Å². The zero-order valence-electron chi connectivity index (χ0n) is 13.0. The average Bonchev–Trinajstić information content (AvgIpc) is 2.43. The zero-order valence-corrected chi connectivity index (χ0v) is 13.0. The van der Waals surface area contributed by atoms with Gasteiger partial charge in [0.05, 0.1) is 5.60 Å². The molecule has 0 radical (unpaired) electrons. The van der Waals surface area contributed by atoms with Gasteiger partial charge >= 0.3 is 0 Å². The first-order chi connectivity index (χ1) is 9.52. The Balaban J connectivity index is 1.85. The number of aliphatic hydroxyl groups is 1. The topological polar surface area (TPSA) is 20.2 Å². The molecule has 0 heterocycles. The molecule has 0 saturated heterocycles. The summed E-state index contributed by atoms with van der Waals surface area (Å²) in [5.74, 6) is 0.558. The number of hydrogen-bond donors (Lipinski definition) is 1. The minimum Gasteiger partial charge on any atom is -0.389 e. The van der Waals surface area contributed by atoms with Crippen LogP contribution < -0.4 is 0 Å². The van der Waals surface area contributed by atoms with Crippen LogP contribution >= 0.6 is 0 Å². The third-order valence-electron chi connectivity index (χ3n) is 5.98. The van der Waals surface area contributed by atoms with Gasteiger partial charge in [-0.15, -0.1) is 0 Å². The molecule has 3 rings (SSSR count). The van der Waals surface area contributed by atoms with Crippen LogP contribution in [0.15, 0.2) is 24.3 Å². The molecule has 1 fully saturated rings. The Morgan fingerprint density at radius 2 is 1.85 bits per heavy atom. The van der Waals surface area contributed by atoms with Gasteiger partial charge in [0, 0.05) is 0 Å². The van der Waals surface area contributed by atoms with Crippen LogP contribution in [-0.4, -0.2) is 10.7 Å². The highest BCUT2D eigenvalue weighted by Gasteiger charge is 2.46. The van der Waals surface area contributed by atoms with Gasteiger partial charge in [0.25, 0.3) is 0 Å². The number of rotatable bonds is 2. The van der Waals surface area contributed by atoms with Gasteiger partial charge in [-0.05, 0) is 61.0 Å². The fourth-order valence-electron chi connectivity index (χ4n) is 4.41. The smallest absolute Gasteiger partial charge is 0.0704 e. The molecular weight excluding hydrogens is 244 g/mol. The third kappa shape index (κ3) is 2.41. The van der Waals surface area contributed by atoms with Crippen molar-refractivity contribution in [2.45, 2.75) is 76.7 Å². The summed E-state index contributed by atoms with van der Waals surface area (Å²) in [5.41, 5.74) is 2.62. The molecular formula is C19H28O. The summed E-state index contributed by atoms with van der Waals surface area (Å²) in [5, 5.41) is 11.3. The molecule has 2 unspecified atom stereocenters. The van der Waals surface area contributed by atoms with E-state index in [0.717, 1.165) is 19.3 Å². The van der Waals surface area contributed by atoms with E-state index >= 15 is 0 Å². The van der Waals surface area contributed by atoms with E-state index in [9.17, 15) is 5.11 Å². The van der Waals surface area contributed by atoms with Crippen molar-refractivity contribution < 1.29 is 5.11 Å². The fraction of sp³-hybridized carbons (Fsp3) is 0.684. The Bertz CT molecular complexity index is 476. The van der Waals surface area contributed by atoms with E-state index in [1.807, 2.05) is 0 Å². The Morgan fingerprint density at radius 3 is 2.65 bits per heavy atom. The van der Waals surface area contributed by atoms with E-state index < -0.39 is 5.60 Å². The molecule has 0 spiro atoms. The highest BCUT2D eigenvalue weighted by molar-refractivity contribution is 5.33. The molecule has 1 aromatic carbocycles. The minimum atomic E-state index is -0.472. The van der Waals surface area contributed by atoms with E-state index in [2.05, 4.69) is 38.1 Å². The van der Waals surface area contributed by atoms with Gasteiger partial charge in [0.1, 0.15) is 0 Å². The van der Waals surface area contributed by atoms with Crippen LogP contribution in [0.3, 0.4) is 0 Å². The normalized spacial score (nSPS) is 32.6. The largest absolute Gasteiger partial charge is 0.389 e. The Labute approximate surface area is 123 Å². The van der Waals surface area contributed by atoms with E-state index in [1.165, 1.54) is 43.2 Å². The van der Waals surface area contributed by atoms with E-state index in [4.69, 9.17) is 0 Å². The van der Waals surface area contributed by atoms with Crippen molar-refractivity contribution in [3.8, 4) is 0 Å². The van der Waals surface area contributed by atoms with E-state index in [-0.39, 0.29) is 5.41 Å². The monoisotopic (exact) mass is 272 g/mol. The van der Waals surface area contributed by atoms with E-state index in [0.29, 0.717) is 5.92 Å². The maximum absolute atomic E-state index is 11.3. The van der Waals surface area contributed by atoms with Crippen LogP contribution in [0, 0.1) is 5.41 Å². The molecule has 1 N–H and O–H groups in total. The van der Waals surface area contributed by atoms with Crippen LogP contribution in [0.1, 0.15) is 75.8 Å². The predicted molar refractivity (Wildman–Crippen MR) is 83.9 cm³/mol. The molecule has 1 aromatic rings. The summed E-state index contributed by atoms with van der Waals surface area (Å²) in [6.45, 7) is 4.53. The molecule has 1 nitrogen and oxygen atoms in total. The fourth-order valence-corrected chi connectivity index (χ4v) is 4.41.